The molecule has 2 N–H and O–H groups in total. The van der Waals surface area contributed by atoms with E-state index in [1.165, 1.54) is 14.0 Å². The summed E-state index contributed by atoms with van der Waals surface area (Å²) in [7, 11) is 1.36. The van der Waals surface area contributed by atoms with E-state index in [2.05, 4.69) is 10.3 Å². The Labute approximate surface area is 178 Å². The Morgan fingerprint density at radius 2 is 2.23 bits per heavy atom. The van der Waals surface area contributed by atoms with Crippen molar-refractivity contribution in [2.75, 3.05) is 13.7 Å². The molecule has 0 saturated carbocycles. The van der Waals surface area contributed by atoms with Gasteiger partial charge in [-0.05, 0) is 24.5 Å². The molecular formula is C21H23ClN2O6. The first-order valence-corrected chi connectivity index (χ1v) is 10.1. The van der Waals surface area contributed by atoms with Crippen LogP contribution in [0.1, 0.15) is 36.6 Å². The number of ether oxygens (including phenoxy) is 3. The molecule has 2 aromatic rings. The van der Waals surface area contributed by atoms with Crippen LogP contribution in [0.5, 0.6) is 5.75 Å². The van der Waals surface area contributed by atoms with Crippen LogP contribution in [-0.4, -0.2) is 47.3 Å². The van der Waals surface area contributed by atoms with Crippen LogP contribution >= 0.6 is 11.6 Å². The summed E-state index contributed by atoms with van der Waals surface area (Å²) in [5.74, 6) is -0.217. The maximum atomic E-state index is 12.0. The number of methoxy groups -OCH3 is 1. The molecule has 2 aliphatic rings. The van der Waals surface area contributed by atoms with Gasteiger partial charge in [0.1, 0.15) is 29.7 Å². The summed E-state index contributed by atoms with van der Waals surface area (Å²) < 4.78 is 16.5. The second-order valence-electron chi connectivity index (χ2n) is 7.68. The highest BCUT2D eigenvalue weighted by molar-refractivity contribution is 6.36. The van der Waals surface area contributed by atoms with Crippen LogP contribution in [0.25, 0.3) is 10.9 Å². The molecule has 1 unspecified atom stereocenters. The SMILES string of the molecule is COC(=O)[C@@H]1CC2(CCc3c(c(COC(C)=O)nc4ccc(CO)c(Cl)c34)O2)CN1. The lowest BCUT2D eigenvalue weighted by molar-refractivity contribution is -0.143. The number of aryl methyl sites for hydroxylation is 1. The zero-order valence-corrected chi connectivity index (χ0v) is 17.5. The first-order valence-electron chi connectivity index (χ1n) is 9.75. The predicted molar refractivity (Wildman–Crippen MR) is 108 cm³/mol. The molecule has 30 heavy (non-hydrogen) atoms. The first-order chi connectivity index (χ1) is 14.4. The highest BCUT2D eigenvalue weighted by Crippen LogP contribution is 2.44. The van der Waals surface area contributed by atoms with Crippen LogP contribution in [0.4, 0.5) is 0 Å². The van der Waals surface area contributed by atoms with Crippen molar-refractivity contribution >= 4 is 34.4 Å². The fourth-order valence-corrected chi connectivity index (χ4v) is 4.58. The van der Waals surface area contributed by atoms with Crippen molar-refractivity contribution in [3.05, 3.63) is 34.0 Å². The number of carbonyl (C=O) groups excluding carboxylic acids is 2. The Hall–Kier alpha value is -2.42. The number of benzene rings is 1. The van der Waals surface area contributed by atoms with E-state index in [0.717, 1.165) is 10.9 Å². The number of nitrogens with zero attached hydrogens (tertiary/aromatic N) is 1. The van der Waals surface area contributed by atoms with E-state index in [-0.39, 0.29) is 19.2 Å². The summed E-state index contributed by atoms with van der Waals surface area (Å²) in [6.45, 7) is 1.61. The first kappa shape index (κ1) is 20.8. The standard InChI is InChI=1S/C21H23ClN2O6/c1-11(26)29-9-16-19-13(17-14(24-16)4-3-12(8-25)18(17)22)5-6-21(30-19)7-15(23-10-21)20(27)28-2/h3-4,15,23,25H,5-10H2,1-2H3/t15-,21?/m0/s1. The normalized spacial score (nSPS) is 22.6. The van der Waals surface area contributed by atoms with Gasteiger partial charge in [0.2, 0.25) is 0 Å². The van der Waals surface area contributed by atoms with Crippen molar-refractivity contribution in [1.29, 1.82) is 0 Å². The largest absolute Gasteiger partial charge is 0.483 e. The van der Waals surface area contributed by atoms with E-state index in [4.69, 9.17) is 25.8 Å². The van der Waals surface area contributed by atoms with Crippen LogP contribution in [0.2, 0.25) is 5.02 Å². The zero-order chi connectivity index (χ0) is 21.5. The number of esters is 2. The number of halogens is 1. The molecule has 2 aliphatic heterocycles. The van der Waals surface area contributed by atoms with Crippen molar-refractivity contribution < 1.29 is 28.9 Å². The van der Waals surface area contributed by atoms with Gasteiger partial charge in [-0.1, -0.05) is 17.7 Å². The number of aromatic nitrogens is 1. The molecule has 1 aromatic carbocycles. The molecule has 160 valence electrons. The lowest BCUT2D eigenvalue weighted by atomic mass is 9.87. The van der Waals surface area contributed by atoms with Crippen molar-refractivity contribution in [3.63, 3.8) is 0 Å². The van der Waals surface area contributed by atoms with Gasteiger partial charge in [-0.3, -0.25) is 9.59 Å². The van der Waals surface area contributed by atoms with Crippen molar-refractivity contribution in [1.82, 2.24) is 10.3 Å². The van der Waals surface area contributed by atoms with E-state index < -0.39 is 17.6 Å². The van der Waals surface area contributed by atoms with Gasteiger partial charge in [-0.2, -0.15) is 0 Å². The van der Waals surface area contributed by atoms with Crippen molar-refractivity contribution in [3.8, 4) is 5.75 Å². The van der Waals surface area contributed by atoms with Crippen LogP contribution in [0.3, 0.4) is 0 Å². The highest BCUT2D eigenvalue weighted by atomic mass is 35.5. The minimum absolute atomic E-state index is 0.0308. The van der Waals surface area contributed by atoms with Gasteiger partial charge in [0.25, 0.3) is 0 Å². The van der Waals surface area contributed by atoms with Gasteiger partial charge >= 0.3 is 11.9 Å². The summed E-state index contributed by atoms with van der Waals surface area (Å²) in [5.41, 5.74) is 2.03. The number of pyridine rings is 1. The molecule has 0 radical (unpaired) electrons. The smallest absolute Gasteiger partial charge is 0.323 e. The molecule has 2 atom stereocenters. The lowest BCUT2D eigenvalue weighted by Gasteiger charge is -2.36. The van der Waals surface area contributed by atoms with E-state index >= 15 is 0 Å². The topological polar surface area (TPSA) is 107 Å². The molecule has 1 saturated heterocycles. The molecule has 4 rings (SSSR count). The predicted octanol–water partition coefficient (Wildman–Crippen LogP) is 2.04. The average molecular weight is 435 g/mol. The summed E-state index contributed by atoms with van der Waals surface area (Å²) >= 11 is 6.58. The number of hydrogen-bond acceptors (Lipinski definition) is 8. The molecule has 0 aliphatic carbocycles. The van der Waals surface area contributed by atoms with Crippen molar-refractivity contribution in [2.24, 2.45) is 0 Å². The summed E-state index contributed by atoms with van der Waals surface area (Å²) in [6, 6.07) is 3.08. The third kappa shape index (κ3) is 3.59. The zero-order valence-electron chi connectivity index (χ0n) is 16.8. The summed E-state index contributed by atoms with van der Waals surface area (Å²) in [4.78, 5) is 28.0. The van der Waals surface area contributed by atoms with Crippen LogP contribution in [0, 0.1) is 0 Å². The van der Waals surface area contributed by atoms with Gasteiger partial charge < -0.3 is 24.6 Å². The van der Waals surface area contributed by atoms with E-state index in [1.54, 1.807) is 12.1 Å². The van der Waals surface area contributed by atoms with E-state index in [1.807, 2.05) is 0 Å². The maximum absolute atomic E-state index is 12.0. The quantitative estimate of drug-likeness (QED) is 0.704. The molecule has 1 spiro atoms. The fraction of sp³-hybridized carbons (Fsp3) is 0.476. The number of aliphatic hydroxyl groups is 1. The molecule has 1 aromatic heterocycles. The Morgan fingerprint density at radius 3 is 2.93 bits per heavy atom. The molecule has 3 heterocycles. The van der Waals surface area contributed by atoms with Gasteiger partial charge in [-0.25, -0.2) is 4.98 Å². The minimum atomic E-state index is -0.590. The number of aliphatic hydroxyl groups excluding tert-OH is 1. The third-order valence-electron chi connectivity index (χ3n) is 5.76. The van der Waals surface area contributed by atoms with Gasteiger partial charge in [0, 0.05) is 30.8 Å². The summed E-state index contributed by atoms with van der Waals surface area (Å²) in [5, 5.41) is 13.9. The summed E-state index contributed by atoms with van der Waals surface area (Å²) in [6.07, 6.45) is 1.78. The fourth-order valence-electron chi connectivity index (χ4n) is 4.25. The second-order valence-corrected chi connectivity index (χ2v) is 8.06. The Bertz CT molecular complexity index is 1030. The third-order valence-corrected chi connectivity index (χ3v) is 6.19. The van der Waals surface area contributed by atoms with E-state index in [9.17, 15) is 14.7 Å². The highest BCUT2D eigenvalue weighted by Gasteiger charge is 2.47. The molecule has 1 fully saturated rings. The molecule has 9 heteroatoms. The van der Waals surface area contributed by atoms with Gasteiger partial charge in [-0.15, -0.1) is 0 Å². The van der Waals surface area contributed by atoms with E-state index in [0.29, 0.717) is 53.4 Å². The number of nitrogens with one attached hydrogen (secondary N) is 1. The molecule has 0 bridgehead atoms. The monoisotopic (exact) mass is 434 g/mol. The molecule has 0 amide bonds. The second kappa shape index (κ2) is 8.02. The number of fused-ring (bicyclic) bond motifs is 3. The lowest BCUT2D eigenvalue weighted by Crippen LogP contribution is -2.42. The Kier molecular flexibility index (Phi) is 5.57. The number of rotatable bonds is 4. The molecule has 8 nitrogen and oxygen atoms in total. The maximum Gasteiger partial charge on any atom is 0.323 e. The van der Waals surface area contributed by atoms with Gasteiger partial charge in [0.15, 0.2) is 0 Å². The Balaban J connectivity index is 1.79. The Morgan fingerprint density at radius 1 is 1.43 bits per heavy atom. The van der Waals surface area contributed by atoms with Crippen LogP contribution in [-0.2, 0) is 38.7 Å². The number of hydrogen-bond donors (Lipinski definition) is 2. The average Bonchev–Trinajstić information content (AvgIpc) is 3.14. The van der Waals surface area contributed by atoms with Crippen molar-refractivity contribution in [2.45, 2.75) is 51.0 Å². The van der Waals surface area contributed by atoms with Crippen LogP contribution < -0.4 is 10.1 Å². The number of carbonyl (C=O) groups is 2. The van der Waals surface area contributed by atoms with Gasteiger partial charge in [0.05, 0.1) is 24.3 Å². The molecular weight excluding hydrogens is 412 g/mol. The minimum Gasteiger partial charge on any atom is -0.483 e. The van der Waals surface area contributed by atoms with Crippen LogP contribution in [0.15, 0.2) is 12.1 Å².